The van der Waals surface area contributed by atoms with Gasteiger partial charge in [-0.2, -0.15) is 0 Å². The smallest absolute Gasteiger partial charge is 0.234 e. The Labute approximate surface area is 122 Å². The van der Waals surface area contributed by atoms with Crippen LogP contribution in [-0.4, -0.2) is 6.61 Å². The average Bonchev–Trinajstić information content (AvgIpc) is 2.54. The molecule has 0 unspecified atom stereocenters. The van der Waals surface area contributed by atoms with Crippen LogP contribution in [0.5, 0.6) is 5.75 Å². The number of hydrogen-bond donors (Lipinski definition) is 0. The first kappa shape index (κ1) is 13.3. The number of ether oxygens (including phenoxy) is 1. The molecule has 0 aliphatic rings. The molecule has 0 amide bonds. The molecule has 0 aliphatic carbocycles. The molecule has 0 atom stereocenters. The zero-order valence-electron chi connectivity index (χ0n) is 11.6. The van der Waals surface area contributed by atoms with E-state index >= 15 is 0 Å². The van der Waals surface area contributed by atoms with Gasteiger partial charge in [-0.15, -0.1) is 0 Å². The Morgan fingerprint density at radius 1 is 0.762 bits per heavy atom. The minimum atomic E-state index is -0.419. The Bertz CT molecular complexity index is 823. The molecule has 0 N–H and O–H groups in total. The first-order valence-electron chi connectivity index (χ1n) is 6.84. The predicted octanol–water partition coefficient (Wildman–Crippen LogP) is 3.02. The van der Waals surface area contributed by atoms with Crippen LogP contribution < -0.4 is 15.6 Å². The lowest BCUT2D eigenvalue weighted by molar-refractivity contribution is 0.340. The van der Waals surface area contributed by atoms with Crippen LogP contribution in [0.15, 0.2) is 64.2 Å². The molecule has 3 rings (SSSR count). The van der Waals surface area contributed by atoms with Crippen LogP contribution >= 0.6 is 0 Å². The van der Waals surface area contributed by atoms with Crippen LogP contribution in [0.3, 0.4) is 0 Å². The van der Waals surface area contributed by atoms with Crippen molar-refractivity contribution in [2.24, 2.45) is 0 Å². The molecule has 3 heteroatoms. The van der Waals surface area contributed by atoms with Crippen molar-refractivity contribution >= 4 is 0 Å². The summed E-state index contributed by atoms with van der Waals surface area (Å²) in [6.45, 7) is 2.51. The SMILES string of the molecule is CCOc1ccc(-c2c(-c3ccccc3)c(=O)c2=O)cc1. The van der Waals surface area contributed by atoms with E-state index in [1.165, 1.54) is 0 Å². The topological polar surface area (TPSA) is 43.4 Å². The minimum absolute atomic E-state index is 0.412. The van der Waals surface area contributed by atoms with E-state index in [1.54, 1.807) is 0 Å². The van der Waals surface area contributed by atoms with Gasteiger partial charge in [-0.1, -0.05) is 42.5 Å². The fraction of sp³-hybridized carbons (Fsp3) is 0.111. The fourth-order valence-corrected chi connectivity index (χ4v) is 2.43. The molecule has 0 saturated heterocycles. The Kier molecular flexibility index (Phi) is 3.40. The summed E-state index contributed by atoms with van der Waals surface area (Å²) in [5.74, 6) is 0.751. The first-order chi connectivity index (χ1) is 10.2. The molecule has 0 bridgehead atoms. The van der Waals surface area contributed by atoms with Crippen LogP contribution in [-0.2, 0) is 0 Å². The Hall–Kier alpha value is -2.68. The number of rotatable bonds is 4. The van der Waals surface area contributed by atoms with Crippen LogP contribution in [0.2, 0.25) is 0 Å². The van der Waals surface area contributed by atoms with E-state index in [9.17, 15) is 9.59 Å². The normalized spacial score (nSPS) is 10.7. The molecule has 0 aromatic heterocycles. The maximum absolute atomic E-state index is 11.9. The second kappa shape index (κ2) is 5.37. The quantitative estimate of drug-likeness (QED) is 0.689. The van der Waals surface area contributed by atoms with E-state index in [0.29, 0.717) is 17.7 Å². The summed E-state index contributed by atoms with van der Waals surface area (Å²) in [5, 5.41) is 0. The van der Waals surface area contributed by atoms with Gasteiger partial charge in [0.1, 0.15) is 5.75 Å². The van der Waals surface area contributed by atoms with Gasteiger partial charge in [-0.25, -0.2) is 0 Å². The van der Waals surface area contributed by atoms with Crippen LogP contribution in [0.1, 0.15) is 6.92 Å². The van der Waals surface area contributed by atoms with E-state index in [-0.39, 0.29) is 0 Å². The lowest BCUT2D eigenvalue weighted by atomic mass is 9.89. The molecule has 3 aromatic carbocycles. The number of hydrogen-bond acceptors (Lipinski definition) is 3. The van der Waals surface area contributed by atoms with E-state index in [0.717, 1.165) is 16.9 Å². The van der Waals surface area contributed by atoms with Gasteiger partial charge in [0.05, 0.1) is 6.61 Å². The molecule has 0 aliphatic heterocycles. The molecule has 0 saturated carbocycles. The van der Waals surface area contributed by atoms with Crippen LogP contribution in [0.4, 0.5) is 0 Å². The summed E-state index contributed by atoms with van der Waals surface area (Å²) in [6.07, 6.45) is 0. The van der Waals surface area contributed by atoms with Gasteiger partial charge in [0.2, 0.25) is 10.9 Å². The highest BCUT2D eigenvalue weighted by atomic mass is 16.5. The van der Waals surface area contributed by atoms with Crippen molar-refractivity contribution in [2.45, 2.75) is 6.92 Å². The molecule has 0 radical (unpaired) electrons. The van der Waals surface area contributed by atoms with Gasteiger partial charge in [-0.05, 0) is 30.2 Å². The first-order valence-corrected chi connectivity index (χ1v) is 6.84. The summed E-state index contributed by atoms with van der Waals surface area (Å²) < 4.78 is 5.38. The summed E-state index contributed by atoms with van der Waals surface area (Å²) in [4.78, 5) is 23.8. The molecule has 21 heavy (non-hydrogen) atoms. The highest BCUT2D eigenvalue weighted by molar-refractivity contribution is 5.87. The van der Waals surface area contributed by atoms with Crippen molar-refractivity contribution in [1.29, 1.82) is 0 Å². The fourth-order valence-electron chi connectivity index (χ4n) is 2.43. The molecule has 0 spiro atoms. The second-order valence-corrected chi connectivity index (χ2v) is 4.73. The van der Waals surface area contributed by atoms with E-state index < -0.39 is 10.9 Å². The highest BCUT2D eigenvalue weighted by Crippen LogP contribution is 2.29. The van der Waals surface area contributed by atoms with E-state index in [4.69, 9.17) is 4.74 Å². The molecular weight excluding hydrogens is 264 g/mol. The van der Waals surface area contributed by atoms with E-state index in [1.807, 2.05) is 61.5 Å². The zero-order valence-corrected chi connectivity index (χ0v) is 11.6. The zero-order chi connectivity index (χ0) is 14.8. The number of benzene rings is 2. The standard InChI is InChI=1S/C18H14O3/c1-2-21-14-10-8-13(9-11-14)16-15(17(19)18(16)20)12-6-4-3-5-7-12/h3-11H,2H2,1H3. The molecular formula is C18H14O3. The predicted molar refractivity (Wildman–Crippen MR) is 83.4 cm³/mol. The van der Waals surface area contributed by atoms with Crippen molar-refractivity contribution in [3.05, 3.63) is 75.0 Å². The van der Waals surface area contributed by atoms with Gasteiger partial charge in [0.15, 0.2) is 0 Å². The van der Waals surface area contributed by atoms with Gasteiger partial charge in [0, 0.05) is 11.1 Å². The molecule has 3 aromatic rings. The van der Waals surface area contributed by atoms with Gasteiger partial charge in [-0.3, -0.25) is 9.59 Å². The monoisotopic (exact) mass is 278 g/mol. The Morgan fingerprint density at radius 3 is 1.81 bits per heavy atom. The van der Waals surface area contributed by atoms with Crippen molar-refractivity contribution in [3.63, 3.8) is 0 Å². The molecule has 0 fully saturated rings. The van der Waals surface area contributed by atoms with Crippen LogP contribution in [0.25, 0.3) is 22.3 Å². The van der Waals surface area contributed by atoms with Gasteiger partial charge >= 0.3 is 0 Å². The van der Waals surface area contributed by atoms with Crippen molar-refractivity contribution in [1.82, 2.24) is 0 Å². The molecule has 0 heterocycles. The van der Waals surface area contributed by atoms with Crippen LogP contribution in [0, 0.1) is 0 Å². The maximum Gasteiger partial charge on any atom is 0.234 e. The summed E-state index contributed by atoms with van der Waals surface area (Å²) in [7, 11) is 0. The lowest BCUT2D eigenvalue weighted by Gasteiger charge is -2.12. The summed E-state index contributed by atoms with van der Waals surface area (Å²) >= 11 is 0. The lowest BCUT2D eigenvalue weighted by Crippen LogP contribution is -2.34. The Morgan fingerprint density at radius 2 is 1.29 bits per heavy atom. The van der Waals surface area contributed by atoms with Gasteiger partial charge in [0.25, 0.3) is 0 Å². The van der Waals surface area contributed by atoms with Crippen molar-refractivity contribution in [3.8, 4) is 28.0 Å². The minimum Gasteiger partial charge on any atom is -0.494 e. The third kappa shape index (κ3) is 2.27. The maximum atomic E-state index is 11.9. The molecule has 104 valence electrons. The third-order valence-corrected chi connectivity index (χ3v) is 3.43. The second-order valence-electron chi connectivity index (χ2n) is 4.73. The molecule has 3 nitrogen and oxygen atoms in total. The van der Waals surface area contributed by atoms with Gasteiger partial charge < -0.3 is 4.74 Å². The van der Waals surface area contributed by atoms with Crippen molar-refractivity contribution in [2.75, 3.05) is 6.61 Å². The third-order valence-electron chi connectivity index (χ3n) is 3.43. The average molecular weight is 278 g/mol. The summed E-state index contributed by atoms with van der Waals surface area (Å²) in [5.41, 5.74) is 1.70. The Balaban J connectivity index is 2.06. The van der Waals surface area contributed by atoms with Crippen molar-refractivity contribution < 1.29 is 4.74 Å². The van der Waals surface area contributed by atoms with E-state index in [2.05, 4.69) is 0 Å². The largest absolute Gasteiger partial charge is 0.494 e. The highest BCUT2D eigenvalue weighted by Gasteiger charge is 2.23. The summed E-state index contributed by atoms with van der Waals surface area (Å²) in [6, 6.07) is 16.5.